The van der Waals surface area contributed by atoms with Crippen molar-refractivity contribution in [1.29, 1.82) is 0 Å². The Labute approximate surface area is 122 Å². The summed E-state index contributed by atoms with van der Waals surface area (Å²) in [5.74, 6) is 0.271. The van der Waals surface area contributed by atoms with Gasteiger partial charge in [-0.05, 0) is 26.3 Å². The molecule has 0 saturated carbocycles. The molecule has 0 heterocycles. The maximum atomic E-state index is 10.0. The van der Waals surface area contributed by atoms with Crippen molar-refractivity contribution in [3.8, 4) is 0 Å². The Kier molecular flexibility index (Phi) is 8.76. The van der Waals surface area contributed by atoms with Crippen LogP contribution in [0.3, 0.4) is 0 Å². The average molecular weight is 289 g/mol. The normalized spacial score (nSPS) is 16.1. The number of nitrogens with two attached hydrogens (primary N) is 1. The average Bonchev–Trinajstić information content (AvgIpc) is 2.39. The molecule has 0 amide bonds. The maximum Gasteiger partial charge on any atom is 0.144 e. The number of amidine groups is 1. The van der Waals surface area contributed by atoms with Crippen LogP contribution in [0.2, 0.25) is 0 Å². The topological polar surface area (TPSA) is 100 Å². The second-order valence-electron chi connectivity index (χ2n) is 6.24. The quantitative estimate of drug-likeness (QED) is 0.151. The van der Waals surface area contributed by atoms with Gasteiger partial charge < -0.3 is 26.1 Å². The Morgan fingerprint density at radius 2 is 1.90 bits per heavy atom. The zero-order valence-electron chi connectivity index (χ0n) is 13.3. The van der Waals surface area contributed by atoms with Gasteiger partial charge in [0.15, 0.2) is 0 Å². The van der Waals surface area contributed by atoms with Crippen LogP contribution in [-0.4, -0.2) is 48.6 Å². The lowest BCUT2D eigenvalue weighted by Gasteiger charge is -2.24. The van der Waals surface area contributed by atoms with Crippen LogP contribution in [0.5, 0.6) is 0 Å². The largest absolute Gasteiger partial charge is 0.409 e. The van der Waals surface area contributed by atoms with Gasteiger partial charge in [0.1, 0.15) is 5.84 Å². The minimum atomic E-state index is -0.733. The minimum Gasteiger partial charge on any atom is -0.409 e. The van der Waals surface area contributed by atoms with Gasteiger partial charge in [-0.15, -0.1) is 0 Å². The number of rotatable bonds is 11. The fourth-order valence-corrected chi connectivity index (χ4v) is 1.85. The summed E-state index contributed by atoms with van der Waals surface area (Å²) in [6, 6.07) is 0. The van der Waals surface area contributed by atoms with E-state index in [0.29, 0.717) is 19.6 Å². The molecule has 0 aromatic carbocycles. The van der Waals surface area contributed by atoms with Gasteiger partial charge in [0.25, 0.3) is 0 Å². The molecule has 0 rings (SSSR count). The first-order valence-corrected chi connectivity index (χ1v) is 7.15. The number of nitrogens with one attached hydrogen (secondary N) is 1. The highest BCUT2D eigenvalue weighted by molar-refractivity contribution is 5.85. The van der Waals surface area contributed by atoms with Crippen LogP contribution in [0.25, 0.3) is 0 Å². The van der Waals surface area contributed by atoms with Gasteiger partial charge in [-0.1, -0.05) is 25.4 Å². The smallest absolute Gasteiger partial charge is 0.144 e. The molecule has 20 heavy (non-hydrogen) atoms. The Morgan fingerprint density at radius 1 is 1.25 bits per heavy atom. The summed E-state index contributed by atoms with van der Waals surface area (Å²) in [6.07, 6.45) is 3.45. The molecule has 1 atom stereocenters. The van der Waals surface area contributed by atoms with Crippen LogP contribution >= 0.6 is 0 Å². The molecular formula is C14H31N3O3. The van der Waals surface area contributed by atoms with Gasteiger partial charge in [0.05, 0.1) is 5.60 Å². The number of nitrogens with zero attached hydrogens (tertiary/aromatic N) is 1. The first kappa shape index (κ1) is 19.1. The molecule has 6 heteroatoms. The number of hydrogen-bond acceptors (Lipinski definition) is 5. The summed E-state index contributed by atoms with van der Waals surface area (Å²) >= 11 is 0. The lowest BCUT2D eigenvalue weighted by Crippen LogP contribution is -2.39. The van der Waals surface area contributed by atoms with Crippen LogP contribution in [0.1, 0.15) is 46.5 Å². The van der Waals surface area contributed by atoms with Crippen molar-refractivity contribution in [2.45, 2.75) is 52.1 Å². The van der Waals surface area contributed by atoms with Gasteiger partial charge in [0.2, 0.25) is 0 Å². The van der Waals surface area contributed by atoms with E-state index in [4.69, 9.17) is 15.7 Å². The third-order valence-corrected chi connectivity index (χ3v) is 3.56. The number of aliphatic hydroxyl groups is 1. The molecule has 0 fully saturated rings. The minimum absolute atomic E-state index is 0.271. The second kappa shape index (κ2) is 9.15. The van der Waals surface area contributed by atoms with E-state index in [9.17, 15) is 5.11 Å². The third-order valence-electron chi connectivity index (χ3n) is 3.56. The summed E-state index contributed by atoms with van der Waals surface area (Å²) in [4.78, 5) is 0. The van der Waals surface area contributed by atoms with Gasteiger partial charge in [0, 0.05) is 32.1 Å². The molecule has 0 saturated heterocycles. The number of hydrogen-bond donors (Lipinski definition) is 4. The van der Waals surface area contributed by atoms with Crippen LogP contribution in [0.15, 0.2) is 5.16 Å². The van der Waals surface area contributed by atoms with Crippen LogP contribution in [0, 0.1) is 5.41 Å². The van der Waals surface area contributed by atoms with E-state index in [1.165, 1.54) is 0 Å². The molecule has 0 aliphatic rings. The van der Waals surface area contributed by atoms with Crippen molar-refractivity contribution in [2.24, 2.45) is 16.3 Å². The predicted molar refractivity (Wildman–Crippen MR) is 81.0 cm³/mol. The number of unbranched alkanes of at least 4 members (excludes halogenated alkanes) is 1. The highest BCUT2D eigenvalue weighted by Crippen LogP contribution is 2.23. The fraction of sp³-hybridized carbons (Fsp3) is 0.929. The van der Waals surface area contributed by atoms with E-state index < -0.39 is 5.60 Å². The van der Waals surface area contributed by atoms with E-state index in [1.807, 2.05) is 13.8 Å². The molecule has 0 aliphatic heterocycles. The van der Waals surface area contributed by atoms with E-state index in [0.717, 1.165) is 25.8 Å². The zero-order chi connectivity index (χ0) is 15.6. The van der Waals surface area contributed by atoms with Gasteiger partial charge >= 0.3 is 0 Å². The van der Waals surface area contributed by atoms with E-state index in [-0.39, 0.29) is 11.3 Å². The highest BCUT2D eigenvalue weighted by Gasteiger charge is 2.23. The van der Waals surface area contributed by atoms with Gasteiger partial charge in [-0.25, -0.2) is 0 Å². The molecule has 0 aromatic heterocycles. The summed E-state index contributed by atoms with van der Waals surface area (Å²) in [5.41, 5.74) is 4.62. The predicted octanol–water partition coefficient (Wildman–Crippen LogP) is 1.31. The van der Waals surface area contributed by atoms with Crippen molar-refractivity contribution in [1.82, 2.24) is 5.32 Å². The molecule has 1 unspecified atom stereocenters. The molecule has 6 nitrogen and oxygen atoms in total. The lowest BCUT2D eigenvalue weighted by atomic mass is 9.86. The summed E-state index contributed by atoms with van der Waals surface area (Å²) in [7, 11) is 1.63. The van der Waals surface area contributed by atoms with Crippen molar-refractivity contribution >= 4 is 5.84 Å². The number of oxime groups is 1. The molecular weight excluding hydrogens is 258 g/mol. The Bertz CT molecular complexity index is 291. The summed E-state index contributed by atoms with van der Waals surface area (Å²) in [6.45, 7) is 7.69. The third kappa shape index (κ3) is 8.35. The SMILES string of the molecule is COCCC(C)(O)CNCCCCC(C)(C)C(N)=NO. The molecule has 120 valence electrons. The van der Waals surface area contributed by atoms with Gasteiger partial charge in [-0.2, -0.15) is 0 Å². The van der Waals surface area contributed by atoms with Crippen molar-refractivity contribution < 1.29 is 15.1 Å². The highest BCUT2D eigenvalue weighted by atomic mass is 16.5. The molecule has 5 N–H and O–H groups in total. The number of methoxy groups -OCH3 is 1. The van der Waals surface area contributed by atoms with Gasteiger partial charge in [-0.3, -0.25) is 0 Å². The van der Waals surface area contributed by atoms with Crippen LogP contribution in [-0.2, 0) is 4.74 Å². The van der Waals surface area contributed by atoms with Crippen LogP contribution < -0.4 is 11.1 Å². The van der Waals surface area contributed by atoms with Crippen LogP contribution in [0.4, 0.5) is 0 Å². The first-order valence-electron chi connectivity index (χ1n) is 7.15. The Morgan fingerprint density at radius 3 is 2.45 bits per heavy atom. The molecule has 0 aromatic rings. The molecule has 0 bridgehead atoms. The second-order valence-corrected chi connectivity index (χ2v) is 6.24. The van der Waals surface area contributed by atoms with Crippen molar-refractivity contribution in [2.75, 3.05) is 26.8 Å². The monoisotopic (exact) mass is 289 g/mol. The summed E-state index contributed by atoms with van der Waals surface area (Å²) < 4.78 is 4.96. The van der Waals surface area contributed by atoms with E-state index >= 15 is 0 Å². The molecule has 0 spiro atoms. The van der Waals surface area contributed by atoms with Crippen molar-refractivity contribution in [3.63, 3.8) is 0 Å². The molecule has 0 radical (unpaired) electrons. The molecule has 0 aliphatic carbocycles. The number of ether oxygens (including phenoxy) is 1. The summed E-state index contributed by atoms with van der Waals surface area (Å²) in [5, 5.41) is 25.0. The first-order chi connectivity index (χ1) is 9.25. The standard InChI is InChI=1S/C14H31N3O3/c1-13(2,12(15)17-19)7-5-6-9-16-11-14(3,18)8-10-20-4/h16,18-19H,5-11H2,1-4H3,(H2,15,17). The van der Waals surface area contributed by atoms with E-state index in [1.54, 1.807) is 14.0 Å². The lowest BCUT2D eigenvalue weighted by molar-refractivity contribution is 0.0250. The van der Waals surface area contributed by atoms with E-state index in [2.05, 4.69) is 10.5 Å². The Hall–Kier alpha value is -0.850. The fourth-order valence-electron chi connectivity index (χ4n) is 1.85. The Balaban J connectivity index is 3.73. The maximum absolute atomic E-state index is 10.0. The van der Waals surface area contributed by atoms with Crippen molar-refractivity contribution in [3.05, 3.63) is 0 Å². The zero-order valence-corrected chi connectivity index (χ0v) is 13.3.